The maximum Gasteiger partial charge on any atom is 0.410 e. The Bertz CT molecular complexity index is 520. The normalized spacial score (nSPS) is 17.9. The molecule has 1 aliphatic rings. The van der Waals surface area contributed by atoms with Gasteiger partial charge in [0.25, 0.3) is 0 Å². The summed E-state index contributed by atoms with van der Waals surface area (Å²) in [6, 6.07) is 7.45. The number of rotatable bonds is 3. The fraction of sp³-hybridized carbons (Fsp3) is 0.588. The highest BCUT2D eigenvalue weighted by atomic mass is 35.5. The Labute approximate surface area is 142 Å². The van der Waals surface area contributed by atoms with E-state index < -0.39 is 5.60 Å². The second kappa shape index (κ2) is 7.51. The number of halogens is 1. The fourth-order valence-corrected chi connectivity index (χ4v) is 2.79. The van der Waals surface area contributed by atoms with Gasteiger partial charge in [0, 0.05) is 31.2 Å². The third kappa shape index (κ3) is 5.09. The first-order valence-corrected chi connectivity index (χ1v) is 8.26. The first-order valence-electron chi connectivity index (χ1n) is 7.88. The van der Waals surface area contributed by atoms with E-state index in [2.05, 4.69) is 4.90 Å². The average molecular weight is 341 g/mol. The quantitative estimate of drug-likeness (QED) is 0.919. The molecule has 1 aromatic carbocycles. The van der Waals surface area contributed by atoms with Crippen molar-refractivity contribution < 1.29 is 14.6 Å². The van der Waals surface area contributed by atoms with Gasteiger partial charge in [-0.2, -0.15) is 0 Å². The molecule has 1 aliphatic heterocycles. The molecule has 1 unspecified atom stereocenters. The molecule has 6 heteroatoms. The summed E-state index contributed by atoms with van der Waals surface area (Å²) in [6.45, 7) is 8.22. The van der Waals surface area contributed by atoms with E-state index in [0.29, 0.717) is 31.2 Å². The third-order valence-corrected chi connectivity index (χ3v) is 4.09. The van der Waals surface area contributed by atoms with Gasteiger partial charge in [-0.3, -0.25) is 4.90 Å². The van der Waals surface area contributed by atoms with E-state index in [1.807, 2.05) is 45.0 Å². The second-order valence-electron chi connectivity index (χ2n) is 6.75. The summed E-state index contributed by atoms with van der Waals surface area (Å²) in [5.74, 6) is 0. The van der Waals surface area contributed by atoms with Crippen LogP contribution in [0.4, 0.5) is 4.79 Å². The topological polar surface area (TPSA) is 53.0 Å². The number of aliphatic hydroxyl groups is 1. The molecule has 0 aliphatic carbocycles. The van der Waals surface area contributed by atoms with Crippen molar-refractivity contribution in [2.45, 2.75) is 32.4 Å². The van der Waals surface area contributed by atoms with Gasteiger partial charge in [0.2, 0.25) is 0 Å². The number of piperazine rings is 1. The molecule has 1 amide bonds. The monoisotopic (exact) mass is 340 g/mol. The largest absolute Gasteiger partial charge is 0.444 e. The zero-order valence-electron chi connectivity index (χ0n) is 14.0. The molecular formula is C17H25ClN2O3. The van der Waals surface area contributed by atoms with E-state index in [0.717, 1.165) is 5.56 Å². The van der Waals surface area contributed by atoms with E-state index in [1.165, 1.54) is 0 Å². The molecule has 0 bridgehead atoms. The number of amides is 1. The van der Waals surface area contributed by atoms with Gasteiger partial charge in [-0.15, -0.1) is 0 Å². The molecule has 1 heterocycles. The number of aliphatic hydroxyl groups excluding tert-OH is 1. The van der Waals surface area contributed by atoms with Crippen LogP contribution in [0.5, 0.6) is 0 Å². The van der Waals surface area contributed by atoms with E-state index in [1.54, 1.807) is 4.90 Å². The number of ether oxygens (including phenoxy) is 1. The second-order valence-corrected chi connectivity index (χ2v) is 7.19. The lowest BCUT2D eigenvalue weighted by Crippen LogP contribution is -2.51. The first kappa shape index (κ1) is 18.0. The van der Waals surface area contributed by atoms with Crippen LogP contribution in [-0.4, -0.2) is 59.4 Å². The van der Waals surface area contributed by atoms with Gasteiger partial charge in [0.15, 0.2) is 0 Å². The van der Waals surface area contributed by atoms with Gasteiger partial charge in [-0.1, -0.05) is 23.7 Å². The van der Waals surface area contributed by atoms with Gasteiger partial charge >= 0.3 is 6.09 Å². The standard InChI is InChI=1S/C17H25ClN2O3/c1-17(2,3)23-16(22)20-10-8-19(9-11-20)15(12-21)13-4-6-14(18)7-5-13/h4-7,15,21H,8-12H2,1-3H3. The van der Waals surface area contributed by atoms with Crippen molar-refractivity contribution in [2.75, 3.05) is 32.8 Å². The number of benzene rings is 1. The molecule has 1 fully saturated rings. The zero-order chi connectivity index (χ0) is 17.0. The number of hydrogen-bond donors (Lipinski definition) is 1. The molecule has 1 saturated heterocycles. The van der Waals surface area contributed by atoms with Gasteiger partial charge in [0.05, 0.1) is 12.6 Å². The molecular weight excluding hydrogens is 316 g/mol. The lowest BCUT2D eigenvalue weighted by Gasteiger charge is -2.39. The SMILES string of the molecule is CC(C)(C)OC(=O)N1CCN(C(CO)c2ccc(Cl)cc2)CC1. The highest BCUT2D eigenvalue weighted by Gasteiger charge is 2.29. The van der Waals surface area contributed by atoms with Gasteiger partial charge in [-0.05, 0) is 38.5 Å². The maximum atomic E-state index is 12.1. The lowest BCUT2D eigenvalue weighted by atomic mass is 10.1. The Morgan fingerprint density at radius 1 is 1.22 bits per heavy atom. The van der Waals surface area contributed by atoms with Crippen LogP contribution in [-0.2, 0) is 4.74 Å². The minimum Gasteiger partial charge on any atom is -0.444 e. The predicted molar refractivity (Wildman–Crippen MR) is 90.7 cm³/mol. The van der Waals surface area contributed by atoms with Crippen LogP contribution in [0, 0.1) is 0 Å². The summed E-state index contributed by atoms with van der Waals surface area (Å²) >= 11 is 5.92. The molecule has 0 spiro atoms. The third-order valence-electron chi connectivity index (χ3n) is 3.83. The van der Waals surface area contributed by atoms with Crippen LogP contribution < -0.4 is 0 Å². The summed E-state index contributed by atoms with van der Waals surface area (Å²) in [5, 5.41) is 10.4. The highest BCUT2D eigenvalue weighted by Crippen LogP contribution is 2.24. The van der Waals surface area contributed by atoms with E-state index >= 15 is 0 Å². The fourth-order valence-electron chi connectivity index (χ4n) is 2.66. The lowest BCUT2D eigenvalue weighted by molar-refractivity contribution is 0.00658. The first-order chi connectivity index (χ1) is 10.8. The van der Waals surface area contributed by atoms with Crippen LogP contribution in [0.1, 0.15) is 32.4 Å². The molecule has 23 heavy (non-hydrogen) atoms. The van der Waals surface area contributed by atoms with Crippen molar-refractivity contribution in [1.82, 2.24) is 9.80 Å². The van der Waals surface area contributed by atoms with Crippen LogP contribution >= 0.6 is 11.6 Å². The Morgan fingerprint density at radius 3 is 2.26 bits per heavy atom. The molecule has 1 atom stereocenters. The molecule has 1 N–H and O–H groups in total. The average Bonchev–Trinajstić information content (AvgIpc) is 2.49. The molecule has 0 saturated carbocycles. The number of carbonyl (C=O) groups is 1. The summed E-state index contributed by atoms with van der Waals surface area (Å²) in [4.78, 5) is 16.0. The van der Waals surface area contributed by atoms with E-state index in [-0.39, 0.29) is 18.7 Å². The van der Waals surface area contributed by atoms with E-state index in [9.17, 15) is 9.90 Å². The predicted octanol–water partition coefficient (Wildman–Crippen LogP) is 2.93. The summed E-state index contributed by atoms with van der Waals surface area (Å²) in [6.07, 6.45) is -0.274. The Hall–Kier alpha value is -1.30. The Morgan fingerprint density at radius 2 is 1.78 bits per heavy atom. The van der Waals surface area contributed by atoms with Crippen molar-refractivity contribution in [3.63, 3.8) is 0 Å². The van der Waals surface area contributed by atoms with Crippen molar-refractivity contribution in [3.8, 4) is 0 Å². The zero-order valence-corrected chi connectivity index (χ0v) is 14.7. The Balaban J connectivity index is 1.94. The minimum absolute atomic E-state index is 0.0358. The van der Waals surface area contributed by atoms with Crippen LogP contribution in [0.15, 0.2) is 24.3 Å². The summed E-state index contributed by atoms with van der Waals surface area (Å²) in [5.41, 5.74) is 0.549. The smallest absolute Gasteiger partial charge is 0.410 e. The van der Waals surface area contributed by atoms with Gasteiger partial charge in [0.1, 0.15) is 5.60 Å². The van der Waals surface area contributed by atoms with Crippen molar-refractivity contribution in [1.29, 1.82) is 0 Å². The highest BCUT2D eigenvalue weighted by molar-refractivity contribution is 6.30. The molecule has 0 aromatic heterocycles. The van der Waals surface area contributed by atoms with Crippen LogP contribution in [0.3, 0.4) is 0 Å². The number of nitrogens with zero attached hydrogens (tertiary/aromatic N) is 2. The van der Waals surface area contributed by atoms with Crippen molar-refractivity contribution >= 4 is 17.7 Å². The number of hydrogen-bond acceptors (Lipinski definition) is 4. The van der Waals surface area contributed by atoms with Crippen molar-refractivity contribution in [2.24, 2.45) is 0 Å². The molecule has 2 rings (SSSR count). The number of carbonyl (C=O) groups excluding carboxylic acids is 1. The molecule has 1 aromatic rings. The molecule has 5 nitrogen and oxygen atoms in total. The summed E-state index contributed by atoms with van der Waals surface area (Å²) < 4.78 is 5.40. The molecule has 128 valence electrons. The van der Waals surface area contributed by atoms with Crippen LogP contribution in [0.25, 0.3) is 0 Å². The van der Waals surface area contributed by atoms with Gasteiger partial charge in [-0.25, -0.2) is 4.79 Å². The minimum atomic E-state index is -0.481. The van der Waals surface area contributed by atoms with E-state index in [4.69, 9.17) is 16.3 Å². The maximum absolute atomic E-state index is 12.1. The molecule has 0 radical (unpaired) electrons. The summed E-state index contributed by atoms with van der Waals surface area (Å²) in [7, 11) is 0. The van der Waals surface area contributed by atoms with Gasteiger partial charge < -0.3 is 14.7 Å². The van der Waals surface area contributed by atoms with Crippen molar-refractivity contribution in [3.05, 3.63) is 34.9 Å². The van der Waals surface area contributed by atoms with Crippen LogP contribution in [0.2, 0.25) is 5.02 Å². The Kier molecular flexibility index (Phi) is 5.89.